The summed E-state index contributed by atoms with van der Waals surface area (Å²) in [5.74, 6) is 2.13. The molecule has 1 atom stereocenters. The monoisotopic (exact) mass is 245 g/mol. The molecule has 2 rings (SSSR count). The quantitative estimate of drug-likeness (QED) is 0.879. The average Bonchev–Trinajstić information content (AvgIpc) is 2.28. The highest BCUT2D eigenvalue weighted by Gasteiger charge is 2.23. The maximum Gasteiger partial charge on any atom is 0.203 e. The zero-order valence-corrected chi connectivity index (χ0v) is 9.96. The normalized spacial score (nSPS) is 17.5. The van der Waals surface area contributed by atoms with E-state index in [9.17, 15) is 0 Å². The summed E-state index contributed by atoms with van der Waals surface area (Å²) in [4.78, 5) is 0. The van der Waals surface area contributed by atoms with Crippen LogP contribution in [0.15, 0.2) is 18.2 Å². The van der Waals surface area contributed by atoms with E-state index in [4.69, 9.17) is 19.9 Å². The molecule has 4 nitrogen and oxygen atoms in total. The van der Waals surface area contributed by atoms with E-state index in [1.807, 2.05) is 18.2 Å². The van der Waals surface area contributed by atoms with Crippen molar-refractivity contribution in [2.75, 3.05) is 20.3 Å². The highest BCUT2D eigenvalue weighted by Crippen LogP contribution is 2.40. The van der Waals surface area contributed by atoms with E-state index in [1.54, 1.807) is 7.11 Å². The summed E-state index contributed by atoms with van der Waals surface area (Å²) in [6.07, 6.45) is 0.816. The van der Waals surface area contributed by atoms with Crippen LogP contribution in [-0.4, -0.2) is 26.4 Å². The standard InChI is InChI=1S/C11H15NO3.ClH/c1-13-9-3-2-4-10-11(9)15-8(5-6-12)7-14-10;/h2-4,8H,5-7,12H2,1H3;1H. The molecule has 1 aliphatic rings. The molecule has 1 heterocycles. The molecule has 0 radical (unpaired) electrons. The lowest BCUT2D eigenvalue weighted by Gasteiger charge is -2.27. The van der Waals surface area contributed by atoms with Crippen LogP contribution in [0.1, 0.15) is 6.42 Å². The summed E-state index contributed by atoms with van der Waals surface area (Å²) in [5, 5.41) is 0. The van der Waals surface area contributed by atoms with Crippen molar-refractivity contribution in [3.8, 4) is 17.2 Å². The number of rotatable bonds is 3. The molecule has 1 unspecified atom stereocenters. The second-order valence-electron chi connectivity index (χ2n) is 3.42. The number of methoxy groups -OCH3 is 1. The zero-order valence-electron chi connectivity index (χ0n) is 9.14. The molecule has 2 N–H and O–H groups in total. The molecule has 0 saturated heterocycles. The molecule has 16 heavy (non-hydrogen) atoms. The summed E-state index contributed by atoms with van der Waals surface area (Å²) in [6, 6.07) is 5.60. The van der Waals surface area contributed by atoms with E-state index in [2.05, 4.69) is 0 Å². The number of ether oxygens (including phenoxy) is 3. The Morgan fingerprint density at radius 2 is 2.31 bits per heavy atom. The Balaban J connectivity index is 0.00000128. The van der Waals surface area contributed by atoms with E-state index in [0.717, 1.165) is 12.2 Å². The molecule has 1 aliphatic heterocycles. The van der Waals surface area contributed by atoms with Gasteiger partial charge in [-0.1, -0.05) is 6.07 Å². The Kier molecular flexibility index (Phi) is 4.71. The van der Waals surface area contributed by atoms with Gasteiger partial charge in [0.05, 0.1) is 7.11 Å². The summed E-state index contributed by atoms with van der Waals surface area (Å²) in [7, 11) is 1.62. The summed E-state index contributed by atoms with van der Waals surface area (Å²) < 4.78 is 16.5. The lowest BCUT2D eigenvalue weighted by molar-refractivity contribution is 0.0827. The van der Waals surface area contributed by atoms with Crippen molar-refractivity contribution < 1.29 is 14.2 Å². The fourth-order valence-corrected chi connectivity index (χ4v) is 1.60. The first-order valence-electron chi connectivity index (χ1n) is 5.01. The maximum atomic E-state index is 5.76. The van der Waals surface area contributed by atoms with Crippen molar-refractivity contribution in [2.45, 2.75) is 12.5 Å². The molecular formula is C11H16ClNO3. The molecule has 1 aromatic rings. The summed E-state index contributed by atoms with van der Waals surface area (Å²) in [6.45, 7) is 1.15. The Bertz CT molecular complexity index is 332. The van der Waals surface area contributed by atoms with Crippen LogP contribution in [-0.2, 0) is 0 Å². The van der Waals surface area contributed by atoms with E-state index in [1.165, 1.54) is 0 Å². The van der Waals surface area contributed by atoms with Gasteiger partial charge in [0.15, 0.2) is 11.5 Å². The van der Waals surface area contributed by atoms with Crippen LogP contribution in [0.4, 0.5) is 0 Å². The van der Waals surface area contributed by atoms with E-state index in [-0.39, 0.29) is 18.5 Å². The average molecular weight is 246 g/mol. The summed E-state index contributed by atoms with van der Waals surface area (Å²) in [5.41, 5.74) is 5.48. The second-order valence-corrected chi connectivity index (χ2v) is 3.42. The molecule has 90 valence electrons. The third-order valence-electron chi connectivity index (χ3n) is 2.36. The van der Waals surface area contributed by atoms with Crippen LogP contribution in [0.5, 0.6) is 17.2 Å². The van der Waals surface area contributed by atoms with Crippen LogP contribution in [0.2, 0.25) is 0 Å². The highest BCUT2D eigenvalue weighted by atomic mass is 35.5. The Hall–Kier alpha value is -1.13. The van der Waals surface area contributed by atoms with Gasteiger partial charge in [0.2, 0.25) is 5.75 Å². The maximum absolute atomic E-state index is 5.76. The van der Waals surface area contributed by atoms with E-state index in [0.29, 0.717) is 24.7 Å². The first kappa shape index (κ1) is 12.9. The fraction of sp³-hybridized carbons (Fsp3) is 0.455. The number of benzene rings is 1. The molecule has 0 aromatic heterocycles. The lowest BCUT2D eigenvalue weighted by Crippen LogP contribution is -2.31. The molecule has 5 heteroatoms. The van der Waals surface area contributed by atoms with Crippen LogP contribution < -0.4 is 19.9 Å². The van der Waals surface area contributed by atoms with Crippen LogP contribution in [0.25, 0.3) is 0 Å². The van der Waals surface area contributed by atoms with Crippen LogP contribution >= 0.6 is 12.4 Å². The lowest BCUT2D eigenvalue weighted by atomic mass is 10.2. The molecule has 0 fully saturated rings. The first-order valence-corrected chi connectivity index (χ1v) is 5.01. The molecule has 0 bridgehead atoms. The molecule has 0 saturated carbocycles. The van der Waals surface area contributed by atoms with Crippen LogP contribution in [0.3, 0.4) is 0 Å². The zero-order chi connectivity index (χ0) is 10.7. The Morgan fingerprint density at radius 3 is 3.00 bits per heavy atom. The Labute approximate surface area is 101 Å². The van der Waals surface area contributed by atoms with Gasteiger partial charge in [-0.2, -0.15) is 0 Å². The fourth-order valence-electron chi connectivity index (χ4n) is 1.60. The van der Waals surface area contributed by atoms with Gasteiger partial charge in [-0.25, -0.2) is 0 Å². The topological polar surface area (TPSA) is 53.7 Å². The minimum Gasteiger partial charge on any atom is -0.493 e. The largest absolute Gasteiger partial charge is 0.493 e. The predicted molar refractivity (Wildman–Crippen MR) is 63.8 cm³/mol. The predicted octanol–water partition coefficient (Wildman–Crippen LogP) is 1.61. The van der Waals surface area contributed by atoms with Gasteiger partial charge in [0, 0.05) is 0 Å². The summed E-state index contributed by atoms with van der Waals surface area (Å²) >= 11 is 0. The third kappa shape index (κ3) is 2.51. The van der Waals surface area contributed by atoms with Crippen LogP contribution in [0, 0.1) is 0 Å². The number of hydrogen-bond acceptors (Lipinski definition) is 4. The van der Waals surface area contributed by atoms with Crippen molar-refractivity contribution >= 4 is 12.4 Å². The number of nitrogens with two attached hydrogens (primary N) is 1. The minimum atomic E-state index is 0. The van der Waals surface area contributed by atoms with Crippen molar-refractivity contribution in [1.29, 1.82) is 0 Å². The number of hydrogen-bond donors (Lipinski definition) is 1. The SMILES string of the molecule is COc1cccc2c1OC(CCN)CO2.Cl. The second kappa shape index (κ2) is 5.82. The Morgan fingerprint density at radius 1 is 1.50 bits per heavy atom. The highest BCUT2D eigenvalue weighted by molar-refractivity contribution is 5.85. The molecule has 0 aliphatic carbocycles. The van der Waals surface area contributed by atoms with Gasteiger partial charge in [-0.15, -0.1) is 12.4 Å². The van der Waals surface area contributed by atoms with Gasteiger partial charge >= 0.3 is 0 Å². The molecule has 1 aromatic carbocycles. The number of fused-ring (bicyclic) bond motifs is 1. The van der Waals surface area contributed by atoms with Gasteiger partial charge < -0.3 is 19.9 Å². The number of halogens is 1. The van der Waals surface area contributed by atoms with Gasteiger partial charge in [-0.05, 0) is 25.1 Å². The van der Waals surface area contributed by atoms with Gasteiger partial charge in [-0.3, -0.25) is 0 Å². The molecule has 0 spiro atoms. The van der Waals surface area contributed by atoms with E-state index < -0.39 is 0 Å². The minimum absolute atomic E-state index is 0. The molecule has 0 amide bonds. The molecular weight excluding hydrogens is 230 g/mol. The number of para-hydroxylation sites is 1. The smallest absolute Gasteiger partial charge is 0.203 e. The first-order chi connectivity index (χ1) is 7.35. The third-order valence-corrected chi connectivity index (χ3v) is 2.36. The van der Waals surface area contributed by atoms with Crippen molar-refractivity contribution in [2.24, 2.45) is 5.73 Å². The van der Waals surface area contributed by atoms with E-state index >= 15 is 0 Å². The van der Waals surface area contributed by atoms with Crippen molar-refractivity contribution in [1.82, 2.24) is 0 Å². The van der Waals surface area contributed by atoms with Crippen molar-refractivity contribution in [3.63, 3.8) is 0 Å². The van der Waals surface area contributed by atoms with Crippen molar-refractivity contribution in [3.05, 3.63) is 18.2 Å². The van der Waals surface area contributed by atoms with Gasteiger partial charge in [0.1, 0.15) is 12.7 Å². The van der Waals surface area contributed by atoms with Gasteiger partial charge in [0.25, 0.3) is 0 Å².